The summed E-state index contributed by atoms with van der Waals surface area (Å²) >= 11 is 0. The number of carboxylic acids is 1. The first kappa shape index (κ1) is 17.7. The predicted molar refractivity (Wildman–Crippen MR) is 74.6 cm³/mol. The van der Waals surface area contributed by atoms with E-state index in [2.05, 4.69) is 0 Å². The lowest BCUT2D eigenvalue weighted by Crippen LogP contribution is -2.12. The van der Waals surface area contributed by atoms with Gasteiger partial charge in [-0.15, -0.1) is 0 Å². The monoisotopic (exact) mass is 338 g/mol. The van der Waals surface area contributed by atoms with Crippen LogP contribution < -0.4 is 4.74 Å². The molecular formula is C12H15ClO7S. The average molecular weight is 339 g/mol. The molecule has 0 aliphatic heterocycles. The first-order valence-electron chi connectivity index (χ1n) is 5.87. The molecule has 0 saturated heterocycles. The van der Waals surface area contributed by atoms with Gasteiger partial charge in [0.05, 0.1) is 24.7 Å². The van der Waals surface area contributed by atoms with E-state index in [1.54, 1.807) is 7.11 Å². The molecule has 1 rings (SSSR count). The minimum absolute atomic E-state index is 0.0434. The molecule has 0 saturated carbocycles. The largest absolute Gasteiger partial charge is 0.490 e. The number of methoxy groups -OCH3 is 1. The molecular weight excluding hydrogens is 324 g/mol. The SMILES string of the molecule is COCCOCCOc1ccc(S(=O)(=O)Cl)cc1C(=O)O. The zero-order valence-electron chi connectivity index (χ0n) is 11.2. The fourth-order valence-corrected chi connectivity index (χ4v) is 2.19. The highest BCUT2D eigenvalue weighted by atomic mass is 35.7. The van der Waals surface area contributed by atoms with E-state index in [4.69, 9.17) is 30.0 Å². The van der Waals surface area contributed by atoms with Crippen LogP contribution in [-0.4, -0.2) is 53.0 Å². The van der Waals surface area contributed by atoms with Gasteiger partial charge in [-0.1, -0.05) is 0 Å². The summed E-state index contributed by atoms with van der Waals surface area (Å²) in [6.07, 6.45) is 0. The maximum Gasteiger partial charge on any atom is 0.339 e. The van der Waals surface area contributed by atoms with Crippen LogP contribution in [0.5, 0.6) is 5.75 Å². The molecule has 9 heteroatoms. The van der Waals surface area contributed by atoms with Crippen LogP contribution in [0.25, 0.3) is 0 Å². The van der Waals surface area contributed by atoms with Gasteiger partial charge in [0.25, 0.3) is 9.05 Å². The van der Waals surface area contributed by atoms with Gasteiger partial charge in [-0.3, -0.25) is 0 Å². The van der Waals surface area contributed by atoms with Crippen LogP contribution in [0, 0.1) is 0 Å². The van der Waals surface area contributed by atoms with Crippen molar-refractivity contribution in [1.29, 1.82) is 0 Å². The molecule has 0 aromatic heterocycles. The summed E-state index contributed by atoms with van der Waals surface area (Å²) in [6.45, 7) is 1.21. The highest BCUT2D eigenvalue weighted by Gasteiger charge is 2.17. The van der Waals surface area contributed by atoms with Gasteiger partial charge in [-0.2, -0.15) is 0 Å². The van der Waals surface area contributed by atoms with Gasteiger partial charge in [0, 0.05) is 17.8 Å². The Morgan fingerprint density at radius 1 is 1.24 bits per heavy atom. The van der Waals surface area contributed by atoms with E-state index in [9.17, 15) is 13.2 Å². The van der Waals surface area contributed by atoms with Crippen LogP contribution in [0.15, 0.2) is 23.1 Å². The van der Waals surface area contributed by atoms with Gasteiger partial charge < -0.3 is 19.3 Å². The van der Waals surface area contributed by atoms with E-state index in [0.717, 1.165) is 6.07 Å². The molecule has 0 aliphatic rings. The molecule has 0 unspecified atom stereocenters. The Labute approximate surface area is 126 Å². The summed E-state index contributed by atoms with van der Waals surface area (Å²) in [6, 6.07) is 3.37. The highest BCUT2D eigenvalue weighted by Crippen LogP contribution is 2.24. The van der Waals surface area contributed by atoms with Crippen LogP contribution >= 0.6 is 10.7 Å². The van der Waals surface area contributed by atoms with Crippen molar-refractivity contribution in [1.82, 2.24) is 0 Å². The van der Waals surface area contributed by atoms with Crippen molar-refractivity contribution in [2.45, 2.75) is 4.90 Å². The lowest BCUT2D eigenvalue weighted by molar-refractivity contribution is 0.0535. The quantitative estimate of drug-likeness (QED) is 0.536. The van der Waals surface area contributed by atoms with Crippen molar-refractivity contribution < 1.29 is 32.5 Å². The Bertz CT molecular complexity index is 585. The summed E-state index contributed by atoms with van der Waals surface area (Å²) in [5.74, 6) is -1.27. The topological polar surface area (TPSA) is 99.1 Å². The number of ether oxygens (including phenoxy) is 3. The van der Waals surface area contributed by atoms with Crippen LogP contribution in [-0.2, 0) is 18.5 Å². The van der Waals surface area contributed by atoms with Crippen molar-refractivity contribution in [3.05, 3.63) is 23.8 Å². The number of carbonyl (C=O) groups is 1. The molecule has 0 fully saturated rings. The number of carboxylic acid groups (broad SMARTS) is 1. The first-order chi connectivity index (χ1) is 9.86. The van der Waals surface area contributed by atoms with Crippen LogP contribution in [0.4, 0.5) is 0 Å². The third kappa shape index (κ3) is 5.88. The molecule has 0 bridgehead atoms. The molecule has 0 atom stereocenters. The minimum Gasteiger partial charge on any atom is -0.490 e. The van der Waals surface area contributed by atoms with Crippen LogP contribution in [0.2, 0.25) is 0 Å². The second kappa shape index (κ2) is 8.18. The first-order valence-corrected chi connectivity index (χ1v) is 8.18. The third-order valence-corrected chi connectivity index (χ3v) is 3.73. The number of benzene rings is 1. The van der Waals surface area contributed by atoms with E-state index in [0.29, 0.717) is 13.2 Å². The highest BCUT2D eigenvalue weighted by molar-refractivity contribution is 8.13. The molecule has 1 N–H and O–H groups in total. The Balaban J connectivity index is 2.72. The number of hydrogen-bond acceptors (Lipinski definition) is 6. The summed E-state index contributed by atoms with van der Waals surface area (Å²) in [5.41, 5.74) is -0.284. The summed E-state index contributed by atoms with van der Waals surface area (Å²) in [4.78, 5) is 10.8. The van der Waals surface area contributed by atoms with Gasteiger partial charge >= 0.3 is 5.97 Å². The molecule has 1 aromatic rings. The number of hydrogen-bond donors (Lipinski definition) is 1. The van der Waals surface area contributed by atoms with Gasteiger partial charge in [0.1, 0.15) is 17.9 Å². The van der Waals surface area contributed by atoms with Crippen LogP contribution in [0.1, 0.15) is 10.4 Å². The van der Waals surface area contributed by atoms with Crippen molar-refractivity contribution in [3.63, 3.8) is 0 Å². The summed E-state index contributed by atoms with van der Waals surface area (Å²) < 4.78 is 37.6. The van der Waals surface area contributed by atoms with Gasteiger partial charge in [0.15, 0.2) is 0 Å². The molecule has 7 nitrogen and oxygen atoms in total. The molecule has 0 radical (unpaired) electrons. The van der Waals surface area contributed by atoms with E-state index < -0.39 is 15.0 Å². The van der Waals surface area contributed by atoms with Crippen molar-refractivity contribution in [2.75, 3.05) is 33.5 Å². The maximum absolute atomic E-state index is 11.2. The van der Waals surface area contributed by atoms with E-state index in [1.807, 2.05) is 0 Å². The normalized spacial score (nSPS) is 11.3. The van der Waals surface area contributed by atoms with Crippen LogP contribution in [0.3, 0.4) is 0 Å². The smallest absolute Gasteiger partial charge is 0.339 e. The molecule has 0 aliphatic carbocycles. The number of halogens is 1. The van der Waals surface area contributed by atoms with Gasteiger partial charge in [0.2, 0.25) is 0 Å². The lowest BCUT2D eigenvalue weighted by atomic mass is 10.2. The van der Waals surface area contributed by atoms with E-state index in [1.165, 1.54) is 12.1 Å². The average Bonchev–Trinajstić information content (AvgIpc) is 2.41. The zero-order valence-corrected chi connectivity index (χ0v) is 12.8. The molecule has 0 amide bonds. The molecule has 21 heavy (non-hydrogen) atoms. The molecule has 1 aromatic carbocycles. The standard InChI is InChI=1S/C12H15ClO7S/c1-18-4-5-19-6-7-20-11-3-2-9(21(13,16)17)8-10(11)12(14)15/h2-3,8H,4-7H2,1H3,(H,14,15). The maximum atomic E-state index is 11.2. The lowest BCUT2D eigenvalue weighted by Gasteiger charge is -2.10. The van der Waals surface area contributed by atoms with Gasteiger partial charge in [-0.25, -0.2) is 13.2 Å². The van der Waals surface area contributed by atoms with E-state index >= 15 is 0 Å². The predicted octanol–water partition coefficient (Wildman–Crippen LogP) is 1.35. The molecule has 118 valence electrons. The fourth-order valence-electron chi connectivity index (χ4n) is 1.41. The second-order valence-electron chi connectivity index (χ2n) is 3.85. The fraction of sp³-hybridized carbons (Fsp3) is 0.417. The second-order valence-corrected chi connectivity index (χ2v) is 6.42. The van der Waals surface area contributed by atoms with Gasteiger partial charge in [-0.05, 0) is 18.2 Å². The van der Waals surface area contributed by atoms with Crippen molar-refractivity contribution >= 4 is 25.7 Å². The molecule has 0 heterocycles. The number of aromatic carboxylic acids is 1. The van der Waals surface area contributed by atoms with E-state index in [-0.39, 0.29) is 29.4 Å². The Morgan fingerprint density at radius 3 is 2.48 bits per heavy atom. The minimum atomic E-state index is -4.00. The van der Waals surface area contributed by atoms with Crippen molar-refractivity contribution in [2.24, 2.45) is 0 Å². The summed E-state index contributed by atoms with van der Waals surface area (Å²) in [5, 5.41) is 9.06. The van der Waals surface area contributed by atoms with Crippen molar-refractivity contribution in [3.8, 4) is 5.75 Å². The Morgan fingerprint density at radius 2 is 1.90 bits per heavy atom. The Kier molecular flexibility index (Phi) is 6.90. The number of rotatable bonds is 9. The third-order valence-electron chi connectivity index (χ3n) is 2.38. The molecule has 0 spiro atoms. The zero-order chi connectivity index (χ0) is 15.9. The Hall–Kier alpha value is -1.35. The summed E-state index contributed by atoms with van der Waals surface area (Å²) in [7, 11) is 2.72.